The van der Waals surface area contributed by atoms with E-state index in [2.05, 4.69) is 35.2 Å². The Bertz CT molecular complexity index is 810. The number of halogens is 2. The normalized spacial score (nSPS) is 15.2. The van der Waals surface area contributed by atoms with E-state index in [0.29, 0.717) is 26.2 Å². The Morgan fingerprint density at radius 1 is 0.354 bits per heavy atom. The van der Waals surface area contributed by atoms with Gasteiger partial charge in [-0.1, -0.05) is 6.42 Å². The Morgan fingerprint density at radius 2 is 0.583 bits per heavy atom. The van der Waals surface area contributed by atoms with Crippen molar-refractivity contribution in [1.29, 1.82) is 0 Å². The van der Waals surface area contributed by atoms with E-state index in [0.717, 1.165) is 179 Å². The van der Waals surface area contributed by atoms with Crippen LogP contribution in [0.3, 0.4) is 0 Å². The molecule has 0 saturated carbocycles. The van der Waals surface area contributed by atoms with Gasteiger partial charge in [0.1, 0.15) is 26.2 Å². The number of likely N-dealkylation sites (N-methyl/N-ethyl adjacent to an activating group) is 4. The number of aliphatic hydroxyl groups is 1. The maximum atomic E-state index is 11.5. The Balaban J connectivity index is -0.0000101. The predicted octanol–water partition coefficient (Wildman–Crippen LogP) is -1.56. The fourth-order valence-electron chi connectivity index (χ4n) is 6.74. The average Bonchev–Trinajstić information content (AvgIpc) is 2.99. The van der Waals surface area contributed by atoms with Crippen molar-refractivity contribution in [2.45, 2.75) is 103 Å². The van der Waals surface area contributed by atoms with Gasteiger partial charge < -0.3 is 47.9 Å². The van der Waals surface area contributed by atoms with E-state index < -0.39 is 0 Å². The average molecular weight is 728 g/mol. The van der Waals surface area contributed by atoms with Crippen molar-refractivity contribution in [3.63, 3.8) is 0 Å². The maximum absolute atomic E-state index is 11.5. The molecule has 0 saturated heterocycles. The summed E-state index contributed by atoms with van der Waals surface area (Å²) in [5, 5.41) is 8.97. The smallest absolute Gasteiger partial charge is 0.174 e. The highest BCUT2D eigenvalue weighted by Crippen LogP contribution is 2.16. The van der Waals surface area contributed by atoms with Crippen LogP contribution in [0.4, 0.5) is 0 Å². The topological polar surface area (TPSA) is 88.5 Å². The summed E-state index contributed by atoms with van der Waals surface area (Å²) in [4.78, 5) is 45.0. The van der Waals surface area contributed by atoms with Gasteiger partial charge in [-0.05, 0) is 96.3 Å². The molecule has 1 N–H and O–H groups in total. The van der Waals surface area contributed by atoms with E-state index in [1.54, 1.807) is 0 Å². The van der Waals surface area contributed by atoms with Crippen LogP contribution in [0.5, 0.6) is 0 Å². The van der Waals surface area contributed by atoms with Gasteiger partial charge in [0.25, 0.3) is 0 Å². The molecule has 0 aliphatic heterocycles. The molecule has 9 nitrogen and oxygen atoms in total. The number of quaternary nitrogens is 4. The molecule has 286 valence electrons. The first kappa shape index (κ1) is 51.4. The van der Waals surface area contributed by atoms with Gasteiger partial charge in [-0.25, -0.2) is 0 Å². The zero-order chi connectivity index (χ0) is 34.6. The standard InChI is InChI=1S/C37H76N4O5.2ClH/c1-38(2,29-34-43)22-14-6-7-15-23-39(3,30-35-44)24-16-8-9-17-25-40(4,31-36-45)26-18-10-11-19-27-41(5,32-37-46)28-20-12-13-21-33-42;;/h34-37,42H,6-33H2,1-5H3;2*1H/q+4;;/p-2. The number of carbonyl (C=O) groups is 4. The molecule has 0 bridgehead atoms. The molecule has 3 atom stereocenters. The van der Waals surface area contributed by atoms with Crippen LogP contribution in [-0.2, 0) is 19.2 Å². The summed E-state index contributed by atoms with van der Waals surface area (Å²) in [7, 11) is 10.9. The number of hydrogen-bond donors (Lipinski definition) is 1. The molecule has 0 spiro atoms. The van der Waals surface area contributed by atoms with Gasteiger partial charge in [0.15, 0.2) is 25.1 Å². The van der Waals surface area contributed by atoms with Crippen LogP contribution in [0.2, 0.25) is 0 Å². The van der Waals surface area contributed by atoms with Gasteiger partial charge in [0.05, 0.1) is 81.1 Å². The van der Waals surface area contributed by atoms with Crippen molar-refractivity contribution in [2.24, 2.45) is 0 Å². The quantitative estimate of drug-likeness (QED) is 0.0486. The summed E-state index contributed by atoms with van der Waals surface area (Å²) in [6, 6.07) is 0. The van der Waals surface area contributed by atoms with Crippen LogP contribution in [0.1, 0.15) is 103 Å². The highest BCUT2D eigenvalue weighted by atomic mass is 35.5. The van der Waals surface area contributed by atoms with Gasteiger partial charge in [0, 0.05) is 6.61 Å². The minimum atomic E-state index is 0. The number of rotatable bonds is 35. The first-order chi connectivity index (χ1) is 21.9. The number of nitrogens with zero attached hydrogens (tertiary/aromatic N) is 4. The molecule has 11 heteroatoms. The summed E-state index contributed by atoms with van der Waals surface area (Å²) < 4.78 is 3.22. The summed E-state index contributed by atoms with van der Waals surface area (Å²) in [5.41, 5.74) is 0. The van der Waals surface area contributed by atoms with E-state index in [9.17, 15) is 19.2 Å². The number of carbonyl (C=O) groups excluding carboxylic acids is 4. The Morgan fingerprint density at radius 3 is 0.812 bits per heavy atom. The summed E-state index contributed by atoms with van der Waals surface area (Å²) >= 11 is 0. The zero-order valence-electron chi connectivity index (χ0n) is 31.7. The third-order valence-corrected chi connectivity index (χ3v) is 10.2. The van der Waals surface area contributed by atoms with Crippen molar-refractivity contribution in [3.05, 3.63) is 0 Å². The predicted molar refractivity (Wildman–Crippen MR) is 189 cm³/mol. The van der Waals surface area contributed by atoms with Crippen molar-refractivity contribution in [1.82, 2.24) is 0 Å². The molecule has 0 aromatic rings. The van der Waals surface area contributed by atoms with E-state index >= 15 is 0 Å². The highest BCUT2D eigenvalue weighted by Gasteiger charge is 2.23. The van der Waals surface area contributed by atoms with Crippen LogP contribution in [0.25, 0.3) is 0 Å². The molecular formula is C37H76Cl2N4O5+2. The number of unbranched alkanes of at least 4 members (excludes halogenated alkanes) is 12. The summed E-state index contributed by atoms with van der Waals surface area (Å²) in [6.07, 6.45) is 22.1. The second-order valence-electron chi connectivity index (χ2n) is 15.6. The molecule has 0 aliphatic carbocycles. The minimum absolute atomic E-state index is 0. The third kappa shape index (κ3) is 27.8. The zero-order valence-corrected chi connectivity index (χ0v) is 33.2. The minimum Gasteiger partial charge on any atom is -1.00 e. The number of hydrogen-bond acceptors (Lipinski definition) is 5. The third-order valence-electron chi connectivity index (χ3n) is 10.2. The van der Waals surface area contributed by atoms with Crippen molar-refractivity contribution in [2.75, 3.05) is 114 Å². The van der Waals surface area contributed by atoms with Crippen LogP contribution >= 0.6 is 0 Å². The second kappa shape index (κ2) is 30.8. The summed E-state index contributed by atoms with van der Waals surface area (Å²) in [5.74, 6) is 0. The lowest BCUT2D eigenvalue weighted by Crippen LogP contribution is -3.00. The van der Waals surface area contributed by atoms with E-state index in [1.165, 1.54) is 12.8 Å². The van der Waals surface area contributed by atoms with Gasteiger partial charge in [-0.2, -0.15) is 0 Å². The Labute approximate surface area is 308 Å². The lowest BCUT2D eigenvalue weighted by Gasteiger charge is -2.34. The molecule has 0 amide bonds. The second-order valence-corrected chi connectivity index (χ2v) is 15.6. The van der Waals surface area contributed by atoms with Gasteiger partial charge in [0.2, 0.25) is 0 Å². The maximum Gasteiger partial charge on any atom is 0.174 e. The summed E-state index contributed by atoms with van der Waals surface area (Å²) in [6.45, 7) is 9.80. The van der Waals surface area contributed by atoms with Crippen LogP contribution in [0, 0.1) is 0 Å². The Hall–Kier alpha value is -0.940. The molecule has 0 aromatic heterocycles. The van der Waals surface area contributed by atoms with Crippen LogP contribution < -0.4 is 24.8 Å². The molecule has 0 aliphatic rings. The van der Waals surface area contributed by atoms with Gasteiger partial charge >= 0.3 is 0 Å². The first-order valence-electron chi connectivity index (χ1n) is 18.6. The lowest BCUT2D eigenvalue weighted by molar-refractivity contribution is -0.902. The fourth-order valence-corrected chi connectivity index (χ4v) is 6.74. The molecule has 0 radical (unpaired) electrons. The lowest BCUT2D eigenvalue weighted by atomic mass is 10.1. The van der Waals surface area contributed by atoms with E-state index in [1.807, 2.05) is 0 Å². The van der Waals surface area contributed by atoms with Crippen molar-refractivity contribution < 1.29 is 67.0 Å². The van der Waals surface area contributed by atoms with E-state index in [4.69, 9.17) is 5.11 Å². The SMILES string of the molecule is C[N+](C)(CC=O)CCCCCC[N+](C)(CC=O)CCCCCC[N+](C)(CC=O)CCCCCC[N+](C)(CC=O)CCCCCCO.[Cl-].[Cl-]. The molecule has 48 heavy (non-hydrogen) atoms. The van der Waals surface area contributed by atoms with Gasteiger partial charge in [-0.15, -0.1) is 0 Å². The largest absolute Gasteiger partial charge is 1.00 e. The van der Waals surface area contributed by atoms with Crippen LogP contribution in [-0.4, -0.2) is 162 Å². The molecule has 0 rings (SSSR count). The number of aliphatic hydroxyl groups excluding tert-OH is 1. The van der Waals surface area contributed by atoms with Gasteiger partial charge in [-0.3, -0.25) is 19.2 Å². The monoisotopic (exact) mass is 727 g/mol. The van der Waals surface area contributed by atoms with E-state index in [-0.39, 0.29) is 31.4 Å². The number of aldehydes is 4. The van der Waals surface area contributed by atoms with Crippen LogP contribution in [0.15, 0.2) is 0 Å². The first-order valence-corrected chi connectivity index (χ1v) is 18.6. The molecular weight excluding hydrogens is 651 g/mol. The molecule has 0 heterocycles. The molecule has 0 aromatic carbocycles. The molecule has 0 fully saturated rings. The van der Waals surface area contributed by atoms with Crippen molar-refractivity contribution >= 4 is 25.1 Å². The molecule has 3 unspecified atom stereocenters. The Kier molecular flexibility index (Phi) is 33.1. The fraction of sp³-hybridized carbons (Fsp3) is 0.892. The van der Waals surface area contributed by atoms with Crippen molar-refractivity contribution in [3.8, 4) is 0 Å². The highest BCUT2D eigenvalue weighted by molar-refractivity contribution is 5.51.